The fraction of sp³-hybridized carbons (Fsp3) is 0.167. The molecule has 0 saturated carbocycles. The minimum Gasteiger partial charge on any atom is -0.485 e. The quantitative estimate of drug-likeness (QED) is 0.371. The molecular weight excluding hydrogens is 394 g/mol. The van der Waals surface area contributed by atoms with Crippen molar-refractivity contribution < 1.29 is 9.53 Å². The van der Waals surface area contributed by atoms with Crippen molar-refractivity contribution >= 4 is 22.8 Å². The number of nitrogens with zero attached hydrogens (tertiary/aromatic N) is 3. The second-order valence-corrected chi connectivity index (χ2v) is 8.11. The second kappa shape index (κ2) is 8.55. The maximum absolute atomic E-state index is 12.9. The van der Waals surface area contributed by atoms with Crippen LogP contribution in [0.1, 0.15) is 32.2 Å². The SMILES string of the molecule is C=C(c1ccccc1OCC(=O)c1cc(C)n(Cc2cccs2)c1C)n1ccnc1. The van der Waals surface area contributed by atoms with Gasteiger partial charge in [0, 0.05) is 39.8 Å². The summed E-state index contributed by atoms with van der Waals surface area (Å²) >= 11 is 1.72. The number of para-hydroxylation sites is 1. The van der Waals surface area contributed by atoms with Gasteiger partial charge in [0.2, 0.25) is 5.78 Å². The van der Waals surface area contributed by atoms with Gasteiger partial charge in [0.1, 0.15) is 5.75 Å². The van der Waals surface area contributed by atoms with Crippen LogP contribution >= 0.6 is 11.3 Å². The molecule has 0 N–H and O–H groups in total. The van der Waals surface area contributed by atoms with Crippen LogP contribution in [0.15, 0.2) is 73.1 Å². The van der Waals surface area contributed by atoms with Gasteiger partial charge < -0.3 is 13.9 Å². The number of aromatic nitrogens is 3. The van der Waals surface area contributed by atoms with Crippen molar-refractivity contribution in [3.63, 3.8) is 0 Å². The summed E-state index contributed by atoms with van der Waals surface area (Å²) in [5, 5.41) is 2.07. The molecule has 6 heteroatoms. The van der Waals surface area contributed by atoms with Crippen molar-refractivity contribution in [2.24, 2.45) is 0 Å². The number of carbonyl (C=O) groups is 1. The van der Waals surface area contributed by atoms with Crippen LogP contribution in [-0.2, 0) is 6.54 Å². The van der Waals surface area contributed by atoms with Gasteiger partial charge in [-0.3, -0.25) is 4.79 Å². The molecule has 0 atom stereocenters. The number of rotatable bonds is 8. The molecule has 3 aromatic heterocycles. The smallest absolute Gasteiger partial charge is 0.202 e. The van der Waals surface area contributed by atoms with Crippen LogP contribution in [0.5, 0.6) is 5.75 Å². The summed E-state index contributed by atoms with van der Waals surface area (Å²) in [6.07, 6.45) is 5.21. The number of benzene rings is 1. The zero-order valence-electron chi connectivity index (χ0n) is 17.0. The topological polar surface area (TPSA) is 49.0 Å². The summed E-state index contributed by atoms with van der Waals surface area (Å²) in [6, 6.07) is 13.7. The standard InChI is InChI=1S/C24H23N3O2S/c1-17-13-22(19(3)27(17)14-20-7-6-12-30-20)23(28)15-29-24-9-5-4-8-21(24)18(2)26-11-10-25-16-26/h4-13,16H,2,14-15H2,1,3H3. The molecule has 152 valence electrons. The zero-order chi connectivity index (χ0) is 21.1. The Morgan fingerprint density at radius 1 is 1.17 bits per heavy atom. The molecule has 0 unspecified atom stereocenters. The fourth-order valence-corrected chi connectivity index (χ4v) is 4.19. The van der Waals surface area contributed by atoms with Gasteiger partial charge in [-0.25, -0.2) is 4.98 Å². The van der Waals surface area contributed by atoms with Gasteiger partial charge in [0.25, 0.3) is 0 Å². The lowest BCUT2D eigenvalue weighted by atomic mass is 10.1. The molecular formula is C24H23N3O2S. The zero-order valence-corrected chi connectivity index (χ0v) is 17.9. The number of carbonyl (C=O) groups excluding carboxylic acids is 1. The third-order valence-corrected chi connectivity index (χ3v) is 6.00. The van der Waals surface area contributed by atoms with Crippen molar-refractivity contribution in [3.8, 4) is 5.75 Å². The molecule has 0 saturated heterocycles. The van der Waals surface area contributed by atoms with Gasteiger partial charge in [0.15, 0.2) is 6.61 Å². The molecule has 0 radical (unpaired) electrons. The Morgan fingerprint density at radius 3 is 2.73 bits per heavy atom. The molecule has 0 spiro atoms. The van der Waals surface area contributed by atoms with E-state index in [1.807, 2.05) is 61.0 Å². The number of Topliss-reactive ketones (excluding diaryl/α,β-unsaturated/α-hetero) is 1. The van der Waals surface area contributed by atoms with Gasteiger partial charge in [-0.2, -0.15) is 0 Å². The molecule has 4 aromatic rings. The summed E-state index contributed by atoms with van der Waals surface area (Å²) < 4.78 is 9.93. The summed E-state index contributed by atoms with van der Waals surface area (Å²) in [6.45, 7) is 8.90. The van der Waals surface area contributed by atoms with Gasteiger partial charge in [-0.05, 0) is 43.5 Å². The molecule has 0 amide bonds. The second-order valence-electron chi connectivity index (χ2n) is 7.07. The van der Waals surface area contributed by atoms with Crippen LogP contribution in [0, 0.1) is 13.8 Å². The summed E-state index contributed by atoms with van der Waals surface area (Å²) in [4.78, 5) is 18.3. The third kappa shape index (κ3) is 4.00. The van der Waals surface area contributed by atoms with E-state index < -0.39 is 0 Å². The molecule has 0 aliphatic rings. The first-order chi connectivity index (χ1) is 14.5. The normalized spacial score (nSPS) is 10.9. The number of hydrogen-bond acceptors (Lipinski definition) is 4. The van der Waals surface area contributed by atoms with E-state index in [1.54, 1.807) is 23.9 Å². The molecule has 0 bridgehead atoms. The minimum absolute atomic E-state index is 0.0302. The summed E-state index contributed by atoms with van der Waals surface area (Å²) in [5.41, 5.74) is 4.30. The van der Waals surface area contributed by atoms with Crippen LogP contribution in [0.25, 0.3) is 5.70 Å². The molecule has 1 aromatic carbocycles. The van der Waals surface area contributed by atoms with E-state index in [2.05, 4.69) is 27.6 Å². The van der Waals surface area contributed by atoms with Crippen molar-refractivity contribution in [2.45, 2.75) is 20.4 Å². The van der Waals surface area contributed by atoms with Crippen molar-refractivity contribution in [2.75, 3.05) is 6.61 Å². The number of imidazole rings is 1. The Hall–Kier alpha value is -3.38. The largest absolute Gasteiger partial charge is 0.485 e. The molecule has 0 aliphatic carbocycles. The Morgan fingerprint density at radius 2 is 2.00 bits per heavy atom. The predicted molar refractivity (Wildman–Crippen MR) is 120 cm³/mol. The fourth-order valence-electron chi connectivity index (χ4n) is 3.49. The first-order valence-electron chi connectivity index (χ1n) is 9.66. The third-order valence-electron chi connectivity index (χ3n) is 5.14. The lowest BCUT2D eigenvalue weighted by Gasteiger charge is -2.13. The van der Waals surface area contributed by atoms with E-state index >= 15 is 0 Å². The highest BCUT2D eigenvalue weighted by Crippen LogP contribution is 2.26. The summed E-state index contributed by atoms with van der Waals surface area (Å²) in [7, 11) is 0. The van der Waals surface area contributed by atoms with E-state index in [0.717, 1.165) is 29.2 Å². The molecule has 3 heterocycles. The lowest BCUT2D eigenvalue weighted by molar-refractivity contribution is 0.0920. The average molecular weight is 418 g/mol. The van der Waals surface area contributed by atoms with Gasteiger partial charge in [-0.1, -0.05) is 24.8 Å². The highest BCUT2D eigenvalue weighted by Gasteiger charge is 2.18. The van der Waals surface area contributed by atoms with E-state index in [0.29, 0.717) is 11.3 Å². The molecule has 4 rings (SSSR count). The van der Waals surface area contributed by atoms with Crippen LogP contribution in [0.3, 0.4) is 0 Å². The molecule has 5 nitrogen and oxygen atoms in total. The number of hydrogen-bond donors (Lipinski definition) is 0. The maximum Gasteiger partial charge on any atom is 0.202 e. The number of thiophene rings is 1. The number of ketones is 1. The van der Waals surface area contributed by atoms with Gasteiger partial charge in [0.05, 0.1) is 18.6 Å². The Balaban J connectivity index is 1.50. The molecule has 0 fully saturated rings. The summed E-state index contributed by atoms with van der Waals surface area (Å²) in [5.74, 6) is 0.584. The van der Waals surface area contributed by atoms with Crippen LogP contribution in [-0.4, -0.2) is 26.5 Å². The maximum atomic E-state index is 12.9. The highest BCUT2D eigenvalue weighted by molar-refractivity contribution is 7.09. The molecule has 0 aliphatic heterocycles. The van der Waals surface area contributed by atoms with E-state index in [4.69, 9.17) is 4.74 Å². The Labute approximate surface area is 179 Å². The van der Waals surface area contributed by atoms with Gasteiger partial charge in [-0.15, -0.1) is 11.3 Å². The molecule has 30 heavy (non-hydrogen) atoms. The first-order valence-corrected chi connectivity index (χ1v) is 10.5. The lowest BCUT2D eigenvalue weighted by Crippen LogP contribution is -2.14. The van der Waals surface area contributed by atoms with E-state index in [1.165, 1.54) is 4.88 Å². The predicted octanol–water partition coefficient (Wildman–Crippen LogP) is 5.19. The Bertz CT molecular complexity index is 1170. The van der Waals surface area contributed by atoms with Crippen molar-refractivity contribution in [1.29, 1.82) is 0 Å². The van der Waals surface area contributed by atoms with Crippen molar-refractivity contribution in [1.82, 2.24) is 14.1 Å². The van der Waals surface area contributed by atoms with Crippen LogP contribution in [0.4, 0.5) is 0 Å². The monoisotopic (exact) mass is 417 g/mol. The number of aryl methyl sites for hydroxylation is 1. The minimum atomic E-state index is -0.0384. The first kappa shape index (κ1) is 19.9. The van der Waals surface area contributed by atoms with Gasteiger partial charge >= 0.3 is 0 Å². The number of ether oxygens (including phenoxy) is 1. The average Bonchev–Trinajstić information content (AvgIpc) is 3.51. The Kier molecular flexibility index (Phi) is 5.68. The van der Waals surface area contributed by atoms with Crippen LogP contribution < -0.4 is 4.74 Å². The van der Waals surface area contributed by atoms with E-state index in [9.17, 15) is 4.79 Å². The van der Waals surface area contributed by atoms with Crippen LogP contribution in [0.2, 0.25) is 0 Å². The van der Waals surface area contributed by atoms with Crippen molar-refractivity contribution in [3.05, 3.63) is 101 Å². The highest BCUT2D eigenvalue weighted by atomic mass is 32.1. The van der Waals surface area contributed by atoms with E-state index in [-0.39, 0.29) is 12.4 Å².